The van der Waals surface area contributed by atoms with E-state index in [-0.39, 0.29) is 11.7 Å². The van der Waals surface area contributed by atoms with Gasteiger partial charge in [-0.3, -0.25) is 9.58 Å². The fraction of sp³-hybridized carbons (Fsp3) is 0.692. The van der Waals surface area contributed by atoms with Gasteiger partial charge in [-0.1, -0.05) is 0 Å². The maximum absolute atomic E-state index is 11.0. The Morgan fingerprint density at radius 2 is 2.37 bits per heavy atom. The van der Waals surface area contributed by atoms with Gasteiger partial charge in [-0.05, 0) is 20.8 Å². The average molecular weight is 267 g/mol. The van der Waals surface area contributed by atoms with Crippen LogP contribution in [0.25, 0.3) is 0 Å². The Morgan fingerprint density at radius 1 is 1.63 bits per heavy atom. The van der Waals surface area contributed by atoms with Crippen LogP contribution in [0, 0.1) is 6.92 Å². The van der Waals surface area contributed by atoms with Gasteiger partial charge < -0.3 is 9.84 Å². The molecule has 1 aliphatic rings. The minimum absolute atomic E-state index is 0.0661. The van der Waals surface area contributed by atoms with Crippen molar-refractivity contribution in [2.24, 2.45) is 0 Å². The predicted octanol–water partition coefficient (Wildman–Crippen LogP) is 0.999. The molecule has 1 N–H and O–H groups in total. The second-order valence-corrected chi connectivity index (χ2v) is 5.21. The van der Waals surface area contributed by atoms with E-state index < -0.39 is 5.97 Å². The number of nitrogens with zero attached hydrogens (tertiary/aromatic N) is 3. The molecule has 2 rings (SSSR count). The maximum atomic E-state index is 11.0. The molecule has 106 valence electrons. The van der Waals surface area contributed by atoms with E-state index in [2.05, 4.69) is 23.8 Å². The van der Waals surface area contributed by atoms with Crippen LogP contribution in [0.2, 0.25) is 0 Å². The summed E-state index contributed by atoms with van der Waals surface area (Å²) in [7, 11) is 0. The third kappa shape index (κ3) is 3.13. The molecule has 1 aliphatic heterocycles. The summed E-state index contributed by atoms with van der Waals surface area (Å²) in [6, 6.07) is 0.500. The van der Waals surface area contributed by atoms with Crippen molar-refractivity contribution in [2.45, 2.75) is 39.5 Å². The molecule has 0 aromatic carbocycles. The molecule has 0 radical (unpaired) electrons. The van der Waals surface area contributed by atoms with Gasteiger partial charge in [0.15, 0.2) is 0 Å². The molecule has 0 amide bonds. The van der Waals surface area contributed by atoms with Gasteiger partial charge in [0.2, 0.25) is 0 Å². The van der Waals surface area contributed by atoms with Crippen molar-refractivity contribution in [2.75, 3.05) is 19.7 Å². The van der Waals surface area contributed by atoms with Gasteiger partial charge in [0.05, 0.1) is 25.5 Å². The lowest BCUT2D eigenvalue weighted by Crippen LogP contribution is -2.47. The lowest BCUT2D eigenvalue weighted by Gasteiger charge is -2.35. The molecule has 2 heterocycles. The highest BCUT2D eigenvalue weighted by atomic mass is 16.5. The number of hydrogen-bond donors (Lipinski definition) is 1. The zero-order valence-electron chi connectivity index (χ0n) is 11.7. The average Bonchev–Trinajstić information content (AvgIpc) is 2.71. The van der Waals surface area contributed by atoms with Crippen LogP contribution >= 0.6 is 0 Å². The Morgan fingerprint density at radius 3 is 2.95 bits per heavy atom. The van der Waals surface area contributed by atoms with E-state index in [1.807, 2.05) is 0 Å². The van der Waals surface area contributed by atoms with Gasteiger partial charge in [0, 0.05) is 24.8 Å². The first-order chi connectivity index (χ1) is 8.99. The van der Waals surface area contributed by atoms with E-state index in [4.69, 9.17) is 9.84 Å². The summed E-state index contributed by atoms with van der Waals surface area (Å²) < 4.78 is 7.46. The van der Waals surface area contributed by atoms with Crippen molar-refractivity contribution in [1.29, 1.82) is 0 Å². The molecule has 0 bridgehead atoms. The topological polar surface area (TPSA) is 67.6 Å². The van der Waals surface area contributed by atoms with Crippen molar-refractivity contribution < 1.29 is 14.6 Å². The largest absolute Gasteiger partial charge is 0.478 e. The lowest BCUT2D eigenvalue weighted by molar-refractivity contribution is -0.0472. The first-order valence-corrected chi connectivity index (χ1v) is 6.60. The molecule has 1 fully saturated rings. The number of carboxylic acid groups (broad SMARTS) is 1. The van der Waals surface area contributed by atoms with Crippen molar-refractivity contribution in [1.82, 2.24) is 14.7 Å². The number of carboxylic acids is 1. The number of aromatic carboxylic acids is 1. The second-order valence-electron chi connectivity index (χ2n) is 5.21. The summed E-state index contributed by atoms with van der Waals surface area (Å²) in [5.74, 6) is -0.933. The third-order valence-corrected chi connectivity index (χ3v) is 3.61. The van der Waals surface area contributed by atoms with Crippen LogP contribution in [-0.2, 0) is 11.3 Å². The molecule has 6 heteroatoms. The van der Waals surface area contributed by atoms with Gasteiger partial charge >= 0.3 is 5.97 Å². The highest BCUT2D eigenvalue weighted by molar-refractivity contribution is 5.88. The quantitative estimate of drug-likeness (QED) is 0.881. The van der Waals surface area contributed by atoms with Crippen molar-refractivity contribution in [3.63, 3.8) is 0 Å². The summed E-state index contributed by atoms with van der Waals surface area (Å²) in [5, 5.41) is 13.1. The zero-order chi connectivity index (χ0) is 14.0. The second kappa shape index (κ2) is 5.71. The van der Waals surface area contributed by atoms with Gasteiger partial charge in [0.1, 0.15) is 5.56 Å². The van der Waals surface area contributed by atoms with Gasteiger partial charge in [0.25, 0.3) is 0 Å². The summed E-state index contributed by atoms with van der Waals surface area (Å²) >= 11 is 0. The number of ether oxygens (including phenoxy) is 1. The molecule has 19 heavy (non-hydrogen) atoms. The van der Waals surface area contributed by atoms with E-state index in [1.54, 1.807) is 11.6 Å². The molecular weight excluding hydrogens is 246 g/mol. The Bertz CT molecular complexity index is 456. The summed E-state index contributed by atoms with van der Waals surface area (Å²) in [4.78, 5) is 13.3. The van der Waals surface area contributed by atoms with E-state index in [0.717, 1.165) is 19.7 Å². The van der Waals surface area contributed by atoms with Crippen LogP contribution in [0.15, 0.2) is 6.20 Å². The maximum Gasteiger partial charge on any atom is 0.339 e. The Kier molecular flexibility index (Phi) is 4.21. The number of rotatable bonds is 4. The zero-order valence-corrected chi connectivity index (χ0v) is 11.7. The van der Waals surface area contributed by atoms with Crippen LogP contribution in [0.3, 0.4) is 0 Å². The first-order valence-electron chi connectivity index (χ1n) is 6.60. The van der Waals surface area contributed by atoms with E-state index in [0.29, 0.717) is 18.3 Å². The molecule has 0 aliphatic carbocycles. The molecule has 1 aromatic rings. The highest BCUT2D eigenvalue weighted by Gasteiger charge is 2.24. The molecular formula is C13H21N3O3. The van der Waals surface area contributed by atoms with Gasteiger partial charge in [-0.2, -0.15) is 5.10 Å². The first kappa shape index (κ1) is 14.0. The molecule has 1 saturated heterocycles. The van der Waals surface area contributed by atoms with E-state index >= 15 is 0 Å². The predicted molar refractivity (Wildman–Crippen MR) is 70.4 cm³/mol. The smallest absolute Gasteiger partial charge is 0.339 e. The van der Waals surface area contributed by atoms with E-state index in [9.17, 15) is 4.79 Å². The molecule has 1 atom stereocenters. The lowest BCUT2D eigenvalue weighted by atomic mass is 10.2. The minimum atomic E-state index is -0.933. The van der Waals surface area contributed by atoms with Crippen LogP contribution < -0.4 is 0 Å². The molecule has 1 aromatic heterocycles. The standard InChI is InChI=1S/C13H21N3O3/c1-9(2)15-4-5-19-11(7-15)8-16-10(3)12(6-14-16)13(17)18/h6,9,11H,4-5,7-8H2,1-3H3,(H,17,18). The third-order valence-electron chi connectivity index (χ3n) is 3.61. The van der Waals surface area contributed by atoms with E-state index in [1.165, 1.54) is 6.20 Å². The molecule has 0 spiro atoms. The molecule has 1 unspecified atom stereocenters. The monoisotopic (exact) mass is 267 g/mol. The van der Waals surface area contributed by atoms with Crippen LogP contribution in [0.1, 0.15) is 29.9 Å². The van der Waals surface area contributed by atoms with Gasteiger partial charge in [-0.25, -0.2) is 4.79 Å². The summed E-state index contributed by atoms with van der Waals surface area (Å²) in [5.41, 5.74) is 0.939. The van der Waals surface area contributed by atoms with Crippen molar-refractivity contribution >= 4 is 5.97 Å². The number of hydrogen-bond acceptors (Lipinski definition) is 4. The number of aromatic nitrogens is 2. The minimum Gasteiger partial charge on any atom is -0.478 e. The fourth-order valence-electron chi connectivity index (χ4n) is 2.36. The number of morpholine rings is 1. The van der Waals surface area contributed by atoms with Crippen molar-refractivity contribution in [3.8, 4) is 0 Å². The molecule has 6 nitrogen and oxygen atoms in total. The summed E-state index contributed by atoms with van der Waals surface area (Å²) in [6.45, 7) is 9.25. The normalized spacial score (nSPS) is 20.9. The van der Waals surface area contributed by atoms with Crippen LogP contribution in [0.4, 0.5) is 0 Å². The number of carbonyl (C=O) groups is 1. The fourth-order valence-corrected chi connectivity index (χ4v) is 2.36. The SMILES string of the molecule is Cc1c(C(=O)O)cnn1CC1CN(C(C)C)CCO1. The van der Waals surface area contributed by atoms with Crippen molar-refractivity contribution in [3.05, 3.63) is 17.5 Å². The Hall–Kier alpha value is -1.40. The molecule has 0 saturated carbocycles. The Balaban J connectivity index is 2.03. The highest BCUT2D eigenvalue weighted by Crippen LogP contribution is 2.13. The van der Waals surface area contributed by atoms with Crippen LogP contribution in [0.5, 0.6) is 0 Å². The summed E-state index contributed by atoms with van der Waals surface area (Å²) in [6.07, 6.45) is 1.47. The Labute approximate surface area is 113 Å². The van der Waals surface area contributed by atoms with Gasteiger partial charge in [-0.15, -0.1) is 0 Å². The van der Waals surface area contributed by atoms with Crippen LogP contribution in [-0.4, -0.2) is 57.6 Å².